The van der Waals surface area contributed by atoms with Crippen LogP contribution in [0.15, 0.2) is 18.2 Å². The van der Waals surface area contributed by atoms with Crippen LogP contribution >= 0.6 is 0 Å². The van der Waals surface area contributed by atoms with Gasteiger partial charge in [-0.1, -0.05) is 6.07 Å². The fourth-order valence-electron chi connectivity index (χ4n) is 0.993. The summed E-state index contributed by atoms with van der Waals surface area (Å²) in [5, 5.41) is 9.20. The molecule has 0 fully saturated rings. The Morgan fingerprint density at radius 1 is 1.57 bits per heavy atom. The number of aldehydes is 1. The third-order valence-electron chi connectivity index (χ3n) is 1.66. The number of phenolic OH excluding ortho intramolecular Hbond substituents is 1. The molecule has 1 aromatic carbocycles. The Morgan fingerprint density at radius 2 is 2.29 bits per heavy atom. The van der Waals surface area contributed by atoms with Gasteiger partial charge in [-0.3, -0.25) is 9.74 Å². The molecule has 0 aromatic heterocycles. The van der Waals surface area contributed by atoms with Gasteiger partial charge in [0.1, 0.15) is 5.75 Å². The van der Waals surface area contributed by atoms with Crippen LogP contribution in [0.2, 0.25) is 0 Å². The summed E-state index contributed by atoms with van der Waals surface area (Å²) in [5.41, 5.74) is 0.484. The average Bonchev–Trinajstić information content (AvgIpc) is 2.18. The lowest BCUT2D eigenvalue weighted by atomic mass is 10.1. The minimum absolute atomic E-state index is 0.113. The van der Waals surface area contributed by atoms with Gasteiger partial charge in [-0.05, 0) is 17.7 Å². The number of hydrogen-bond donors (Lipinski definition) is 1. The number of carbonyl (C=O) groups excluding carboxylic acids is 2. The Labute approximate surface area is 78.8 Å². The van der Waals surface area contributed by atoms with Crippen molar-refractivity contribution >= 4 is 12.3 Å². The summed E-state index contributed by atoms with van der Waals surface area (Å²) in [6.45, 7) is 0. The first-order chi connectivity index (χ1) is 6.67. The highest BCUT2D eigenvalue weighted by atomic mass is 19.3. The largest absolute Gasteiger partial charge is 0.507 e. The second kappa shape index (κ2) is 4.36. The summed E-state index contributed by atoms with van der Waals surface area (Å²) in [5.74, 6) is -1.30. The molecule has 0 aliphatic heterocycles. The molecule has 0 saturated heterocycles. The molecular weight excluding hydrogens is 191 g/mol. The van der Waals surface area contributed by atoms with Gasteiger partial charge in [-0.15, -0.1) is 0 Å². The van der Waals surface area contributed by atoms with E-state index in [0.717, 1.165) is 0 Å². The van der Waals surface area contributed by atoms with Crippen LogP contribution in [0.4, 0.5) is 4.53 Å². The Kier molecular flexibility index (Phi) is 3.17. The number of carbonyl (C=O) groups is 2. The molecule has 1 aromatic rings. The molecule has 0 aliphatic rings. The predicted molar refractivity (Wildman–Crippen MR) is 44.4 cm³/mol. The van der Waals surface area contributed by atoms with Crippen molar-refractivity contribution in [3.8, 4) is 5.75 Å². The SMILES string of the molecule is O=Cc1ccc(CC(=O)OF)cc1O. The number of halogens is 1. The molecule has 4 nitrogen and oxygen atoms in total. The predicted octanol–water partition coefficient (Wildman–Crippen LogP) is 1.17. The van der Waals surface area contributed by atoms with Gasteiger partial charge in [0, 0.05) is 4.53 Å². The second-order valence-electron chi connectivity index (χ2n) is 2.64. The van der Waals surface area contributed by atoms with Crippen molar-refractivity contribution in [1.29, 1.82) is 0 Å². The monoisotopic (exact) mass is 198 g/mol. The second-order valence-corrected chi connectivity index (χ2v) is 2.64. The van der Waals surface area contributed by atoms with Gasteiger partial charge in [0.2, 0.25) is 0 Å². The third-order valence-corrected chi connectivity index (χ3v) is 1.66. The maximum absolute atomic E-state index is 11.4. The van der Waals surface area contributed by atoms with Crippen LogP contribution in [-0.4, -0.2) is 17.4 Å². The fourth-order valence-corrected chi connectivity index (χ4v) is 0.993. The Morgan fingerprint density at radius 3 is 2.79 bits per heavy atom. The lowest BCUT2D eigenvalue weighted by Gasteiger charge is -2.00. The molecule has 0 bridgehead atoms. The summed E-state index contributed by atoms with van der Waals surface area (Å²) in [6, 6.07) is 3.98. The average molecular weight is 198 g/mol. The smallest absolute Gasteiger partial charge is 0.353 e. The van der Waals surface area contributed by atoms with Crippen LogP contribution in [-0.2, 0) is 16.2 Å². The molecule has 0 radical (unpaired) electrons. The van der Waals surface area contributed by atoms with Gasteiger partial charge in [-0.25, -0.2) is 4.79 Å². The van der Waals surface area contributed by atoms with Crippen molar-refractivity contribution in [1.82, 2.24) is 0 Å². The zero-order chi connectivity index (χ0) is 10.6. The molecule has 0 spiro atoms. The van der Waals surface area contributed by atoms with Crippen molar-refractivity contribution in [2.75, 3.05) is 0 Å². The van der Waals surface area contributed by atoms with Crippen molar-refractivity contribution < 1.29 is 24.2 Å². The Bertz CT molecular complexity index is 362. The van der Waals surface area contributed by atoms with E-state index in [2.05, 4.69) is 4.94 Å². The summed E-state index contributed by atoms with van der Waals surface area (Å²) in [4.78, 5) is 23.8. The molecule has 1 rings (SSSR count). The molecule has 0 unspecified atom stereocenters. The first kappa shape index (κ1) is 10.2. The van der Waals surface area contributed by atoms with Crippen LogP contribution < -0.4 is 0 Å². The van der Waals surface area contributed by atoms with Crippen LogP contribution in [0, 0.1) is 0 Å². The molecule has 0 aliphatic carbocycles. The van der Waals surface area contributed by atoms with E-state index in [1.807, 2.05) is 0 Å². The summed E-state index contributed by atoms with van der Waals surface area (Å²) in [6.07, 6.45) is 0.190. The normalized spacial score (nSPS) is 9.50. The highest BCUT2D eigenvalue weighted by Gasteiger charge is 2.07. The molecule has 0 amide bonds. The number of phenols is 1. The first-order valence-corrected chi connectivity index (χ1v) is 3.76. The first-order valence-electron chi connectivity index (χ1n) is 3.76. The van der Waals surface area contributed by atoms with Gasteiger partial charge in [0.15, 0.2) is 6.29 Å². The van der Waals surface area contributed by atoms with Crippen LogP contribution in [0.3, 0.4) is 0 Å². The lowest BCUT2D eigenvalue weighted by molar-refractivity contribution is -0.182. The van der Waals surface area contributed by atoms with Gasteiger partial charge in [0.05, 0.1) is 12.0 Å². The van der Waals surface area contributed by atoms with E-state index in [-0.39, 0.29) is 17.7 Å². The minimum Gasteiger partial charge on any atom is -0.507 e. The van der Waals surface area contributed by atoms with Gasteiger partial charge in [0.25, 0.3) is 0 Å². The van der Waals surface area contributed by atoms with E-state index >= 15 is 0 Å². The van der Waals surface area contributed by atoms with E-state index in [4.69, 9.17) is 0 Å². The Balaban J connectivity index is 2.86. The van der Waals surface area contributed by atoms with Crippen molar-refractivity contribution in [2.45, 2.75) is 6.42 Å². The maximum atomic E-state index is 11.4. The number of benzene rings is 1. The molecule has 74 valence electrons. The van der Waals surface area contributed by atoms with E-state index in [9.17, 15) is 19.2 Å². The van der Waals surface area contributed by atoms with E-state index in [1.165, 1.54) is 18.2 Å². The van der Waals surface area contributed by atoms with Crippen molar-refractivity contribution in [3.05, 3.63) is 29.3 Å². The van der Waals surface area contributed by atoms with Crippen LogP contribution in [0.5, 0.6) is 5.75 Å². The fraction of sp³-hybridized carbons (Fsp3) is 0.111. The molecular formula is C9H7FO4. The van der Waals surface area contributed by atoms with E-state index in [1.54, 1.807) is 0 Å². The standard InChI is InChI=1S/C9H7FO4/c10-14-9(13)4-6-1-2-7(5-11)8(12)3-6/h1-3,5,12H,4H2. The van der Waals surface area contributed by atoms with E-state index < -0.39 is 5.97 Å². The number of hydrogen-bond acceptors (Lipinski definition) is 4. The zero-order valence-corrected chi connectivity index (χ0v) is 7.07. The van der Waals surface area contributed by atoms with Crippen LogP contribution in [0.25, 0.3) is 0 Å². The Hall–Kier alpha value is -1.91. The molecule has 0 heterocycles. The van der Waals surface area contributed by atoms with Gasteiger partial charge in [-0.2, -0.15) is 0 Å². The number of aromatic hydroxyl groups is 1. The summed E-state index contributed by atoms with van der Waals surface area (Å²) < 4.78 is 11.4. The number of rotatable bonds is 3. The maximum Gasteiger partial charge on any atom is 0.353 e. The highest BCUT2D eigenvalue weighted by molar-refractivity contribution is 5.80. The molecule has 1 N–H and O–H groups in total. The van der Waals surface area contributed by atoms with Gasteiger partial charge >= 0.3 is 5.97 Å². The summed E-state index contributed by atoms with van der Waals surface area (Å²) in [7, 11) is 0. The van der Waals surface area contributed by atoms with Gasteiger partial charge < -0.3 is 5.11 Å². The molecule has 0 atom stereocenters. The third kappa shape index (κ3) is 2.29. The molecule has 0 saturated carbocycles. The van der Waals surface area contributed by atoms with Crippen molar-refractivity contribution in [2.24, 2.45) is 0 Å². The highest BCUT2D eigenvalue weighted by Crippen LogP contribution is 2.17. The van der Waals surface area contributed by atoms with Crippen LogP contribution in [0.1, 0.15) is 15.9 Å². The topological polar surface area (TPSA) is 63.6 Å². The summed E-state index contributed by atoms with van der Waals surface area (Å²) >= 11 is 0. The lowest BCUT2D eigenvalue weighted by Crippen LogP contribution is -2.02. The quantitative estimate of drug-likeness (QED) is 0.740. The zero-order valence-electron chi connectivity index (χ0n) is 7.07. The molecule has 5 heteroatoms. The van der Waals surface area contributed by atoms with E-state index in [0.29, 0.717) is 11.8 Å². The molecule has 14 heavy (non-hydrogen) atoms. The van der Waals surface area contributed by atoms with Crippen molar-refractivity contribution in [3.63, 3.8) is 0 Å². The minimum atomic E-state index is -1.05.